The van der Waals surface area contributed by atoms with Crippen LogP contribution in [0.25, 0.3) is 0 Å². The summed E-state index contributed by atoms with van der Waals surface area (Å²) in [5, 5.41) is 9.43. The predicted octanol–water partition coefficient (Wildman–Crippen LogP) is 4.14. The van der Waals surface area contributed by atoms with E-state index in [9.17, 15) is 13.5 Å². The SMILES string of the molecule is CC(C)(C)c1ccc(S(=O)(=O)Nc2ccc(O)cc2Cl)cc1. The summed E-state index contributed by atoms with van der Waals surface area (Å²) in [7, 11) is -3.73. The Kier molecular flexibility index (Phi) is 4.40. The van der Waals surface area contributed by atoms with E-state index >= 15 is 0 Å². The first-order valence-electron chi connectivity index (χ1n) is 6.71. The zero-order valence-electron chi connectivity index (χ0n) is 12.6. The summed E-state index contributed by atoms with van der Waals surface area (Å²) in [6.07, 6.45) is 0. The van der Waals surface area contributed by atoms with Crippen molar-refractivity contribution in [1.82, 2.24) is 0 Å². The van der Waals surface area contributed by atoms with Crippen molar-refractivity contribution in [1.29, 1.82) is 0 Å². The van der Waals surface area contributed by atoms with Crippen molar-refractivity contribution in [2.75, 3.05) is 4.72 Å². The molecule has 22 heavy (non-hydrogen) atoms. The van der Waals surface area contributed by atoms with E-state index in [4.69, 9.17) is 11.6 Å². The van der Waals surface area contributed by atoms with E-state index < -0.39 is 10.0 Å². The number of anilines is 1. The third-order valence-corrected chi connectivity index (χ3v) is 4.92. The van der Waals surface area contributed by atoms with Gasteiger partial charge in [0.2, 0.25) is 0 Å². The molecule has 2 aromatic carbocycles. The molecular formula is C16H18ClNO3S. The average Bonchev–Trinajstić information content (AvgIpc) is 2.41. The molecule has 2 N–H and O–H groups in total. The van der Waals surface area contributed by atoms with E-state index in [1.807, 2.05) is 0 Å². The lowest BCUT2D eigenvalue weighted by Gasteiger charge is -2.19. The van der Waals surface area contributed by atoms with E-state index in [2.05, 4.69) is 25.5 Å². The highest BCUT2D eigenvalue weighted by atomic mass is 35.5. The zero-order chi connectivity index (χ0) is 16.5. The Balaban J connectivity index is 2.31. The van der Waals surface area contributed by atoms with Gasteiger partial charge in [-0.15, -0.1) is 0 Å². The van der Waals surface area contributed by atoms with Gasteiger partial charge in [-0.2, -0.15) is 0 Å². The molecule has 0 saturated carbocycles. The Bertz CT molecular complexity index is 778. The molecule has 0 amide bonds. The quantitative estimate of drug-likeness (QED) is 0.826. The summed E-state index contributed by atoms with van der Waals surface area (Å²) in [6.45, 7) is 6.18. The van der Waals surface area contributed by atoms with E-state index in [1.54, 1.807) is 24.3 Å². The first-order valence-corrected chi connectivity index (χ1v) is 8.57. The van der Waals surface area contributed by atoms with Crippen LogP contribution in [0.2, 0.25) is 5.02 Å². The van der Waals surface area contributed by atoms with Crippen LogP contribution in [0.5, 0.6) is 5.75 Å². The van der Waals surface area contributed by atoms with Crippen LogP contribution in [0.15, 0.2) is 47.4 Å². The zero-order valence-corrected chi connectivity index (χ0v) is 14.2. The molecule has 0 atom stereocenters. The first-order chi connectivity index (χ1) is 10.1. The van der Waals surface area contributed by atoms with Crippen LogP contribution < -0.4 is 4.72 Å². The van der Waals surface area contributed by atoms with Crippen LogP contribution in [0, 0.1) is 0 Å². The second-order valence-electron chi connectivity index (χ2n) is 6.04. The van der Waals surface area contributed by atoms with Crippen molar-refractivity contribution < 1.29 is 13.5 Å². The maximum absolute atomic E-state index is 12.4. The smallest absolute Gasteiger partial charge is 0.261 e. The molecule has 6 heteroatoms. The van der Waals surface area contributed by atoms with Gasteiger partial charge < -0.3 is 5.11 Å². The van der Waals surface area contributed by atoms with Crippen LogP contribution >= 0.6 is 11.6 Å². The first kappa shape index (κ1) is 16.6. The molecule has 0 aliphatic rings. The van der Waals surface area contributed by atoms with Crippen LogP contribution in [0.4, 0.5) is 5.69 Å². The van der Waals surface area contributed by atoms with Gasteiger partial charge in [0.05, 0.1) is 15.6 Å². The maximum atomic E-state index is 12.4. The summed E-state index contributed by atoms with van der Waals surface area (Å²) in [5.41, 5.74) is 1.23. The molecule has 0 radical (unpaired) electrons. The molecule has 2 rings (SSSR count). The van der Waals surface area contributed by atoms with Crippen molar-refractivity contribution >= 4 is 27.3 Å². The Morgan fingerprint density at radius 3 is 2.14 bits per heavy atom. The van der Waals surface area contributed by atoms with Crippen LogP contribution in [0.1, 0.15) is 26.3 Å². The van der Waals surface area contributed by atoms with Crippen LogP contribution in [-0.2, 0) is 15.4 Å². The molecule has 4 nitrogen and oxygen atoms in total. The molecule has 0 unspecified atom stereocenters. The summed E-state index contributed by atoms with van der Waals surface area (Å²) >= 11 is 5.92. The molecule has 118 valence electrons. The fraction of sp³-hybridized carbons (Fsp3) is 0.250. The highest BCUT2D eigenvalue weighted by molar-refractivity contribution is 7.92. The van der Waals surface area contributed by atoms with E-state index in [1.165, 1.54) is 18.2 Å². The van der Waals surface area contributed by atoms with Crippen molar-refractivity contribution in [3.63, 3.8) is 0 Å². The average molecular weight is 340 g/mol. The van der Waals surface area contributed by atoms with Crippen LogP contribution in [-0.4, -0.2) is 13.5 Å². The Morgan fingerprint density at radius 1 is 1.05 bits per heavy atom. The Hall–Kier alpha value is -1.72. The molecule has 0 aliphatic heterocycles. The molecule has 0 aromatic heterocycles. The maximum Gasteiger partial charge on any atom is 0.261 e. The highest BCUT2D eigenvalue weighted by Gasteiger charge is 2.18. The van der Waals surface area contributed by atoms with E-state index in [0.29, 0.717) is 0 Å². The number of phenolic OH excluding ortho intramolecular Hbond substituents is 1. The fourth-order valence-electron chi connectivity index (χ4n) is 1.92. The lowest BCUT2D eigenvalue weighted by molar-refractivity contribution is 0.475. The standard InChI is InChI=1S/C16H18ClNO3S/c1-16(2,3)11-4-7-13(8-5-11)22(20,21)18-15-9-6-12(19)10-14(15)17/h4-10,18-19H,1-3H3. The summed E-state index contributed by atoms with van der Waals surface area (Å²) in [5.74, 6) is -0.0255. The molecule has 0 saturated heterocycles. The van der Waals surface area contributed by atoms with Gasteiger partial charge >= 0.3 is 0 Å². The van der Waals surface area contributed by atoms with Crippen molar-refractivity contribution in [3.05, 3.63) is 53.1 Å². The molecule has 0 spiro atoms. The minimum atomic E-state index is -3.73. The number of rotatable bonds is 3. The molecular weight excluding hydrogens is 322 g/mol. The van der Waals surface area contributed by atoms with Gasteiger partial charge in [0.15, 0.2) is 0 Å². The third-order valence-electron chi connectivity index (χ3n) is 3.23. The Morgan fingerprint density at radius 2 is 1.64 bits per heavy atom. The van der Waals surface area contributed by atoms with E-state index in [-0.39, 0.29) is 26.8 Å². The number of aromatic hydroxyl groups is 1. The lowest BCUT2D eigenvalue weighted by Crippen LogP contribution is -2.15. The van der Waals surface area contributed by atoms with Gasteiger partial charge in [-0.05, 0) is 35.2 Å². The van der Waals surface area contributed by atoms with E-state index in [0.717, 1.165) is 5.56 Å². The largest absolute Gasteiger partial charge is 0.508 e. The topological polar surface area (TPSA) is 66.4 Å². The number of hydrogen-bond donors (Lipinski definition) is 2. The number of phenols is 1. The molecule has 0 aliphatic carbocycles. The van der Waals surface area contributed by atoms with Gasteiger partial charge in [-0.3, -0.25) is 4.72 Å². The number of benzene rings is 2. The van der Waals surface area contributed by atoms with Crippen molar-refractivity contribution in [3.8, 4) is 5.75 Å². The van der Waals surface area contributed by atoms with Crippen LogP contribution in [0.3, 0.4) is 0 Å². The predicted molar refractivity (Wildman–Crippen MR) is 89.1 cm³/mol. The van der Waals surface area contributed by atoms with Gasteiger partial charge in [0, 0.05) is 6.07 Å². The summed E-state index contributed by atoms with van der Waals surface area (Å²) in [6, 6.07) is 10.8. The molecule has 2 aromatic rings. The van der Waals surface area contributed by atoms with Crippen molar-refractivity contribution in [2.45, 2.75) is 31.1 Å². The number of halogens is 1. The highest BCUT2D eigenvalue weighted by Crippen LogP contribution is 2.29. The van der Waals surface area contributed by atoms with Gasteiger partial charge in [0.25, 0.3) is 10.0 Å². The summed E-state index contributed by atoms with van der Waals surface area (Å²) in [4.78, 5) is 0.157. The minimum Gasteiger partial charge on any atom is -0.508 e. The fourth-order valence-corrected chi connectivity index (χ4v) is 3.28. The summed E-state index contributed by atoms with van der Waals surface area (Å²) < 4.78 is 27.2. The second-order valence-corrected chi connectivity index (χ2v) is 8.13. The number of sulfonamides is 1. The molecule has 0 heterocycles. The van der Waals surface area contributed by atoms with Gasteiger partial charge in [-0.25, -0.2) is 8.42 Å². The molecule has 0 fully saturated rings. The normalized spacial score (nSPS) is 12.2. The third kappa shape index (κ3) is 3.72. The lowest BCUT2D eigenvalue weighted by atomic mass is 9.87. The second kappa shape index (κ2) is 5.82. The number of hydrogen-bond acceptors (Lipinski definition) is 3. The Labute approximate surface area is 135 Å². The van der Waals surface area contributed by atoms with Crippen molar-refractivity contribution in [2.24, 2.45) is 0 Å². The van der Waals surface area contributed by atoms with Gasteiger partial charge in [-0.1, -0.05) is 44.5 Å². The number of nitrogens with one attached hydrogen (secondary N) is 1. The minimum absolute atomic E-state index is 0.0255. The van der Waals surface area contributed by atoms with Gasteiger partial charge in [0.1, 0.15) is 5.75 Å². The molecule has 0 bridgehead atoms. The monoisotopic (exact) mass is 339 g/mol.